The molecule has 1 aliphatic rings. The molecule has 0 radical (unpaired) electrons. The van der Waals surface area contributed by atoms with Gasteiger partial charge in [-0.15, -0.1) is 12.4 Å². The van der Waals surface area contributed by atoms with E-state index in [1.54, 1.807) is 7.11 Å². The number of carboxylic acid groups (broad SMARTS) is 1. The van der Waals surface area contributed by atoms with Crippen LogP contribution in [0.1, 0.15) is 29.5 Å². The molecule has 1 N–H and O–H groups in total. The van der Waals surface area contributed by atoms with E-state index in [1.807, 2.05) is 55.5 Å². The van der Waals surface area contributed by atoms with E-state index in [2.05, 4.69) is 10.1 Å². The smallest absolute Gasteiger partial charge is 0.307 e. The fourth-order valence-corrected chi connectivity index (χ4v) is 3.61. The van der Waals surface area contributed by atoms with Crippen molar-refractivity contribution >= 4 is 24.1 Å². The molecule has 1 fully saturated rings. The summed E-state index contributed by atoms with van der Waals surface area (Å²) in [5.74, 6) is -0.239. The fraction of sp³-hybridized carbons (Fsp3) is 0.391. The van der Waals surface area contributed by atoms with Gasteiger partial charge in [0, 0.05) is 24.2 Å². The van der Waals surface area contributed by atoms with Gasteiger partial charge >= 0.3 is 5.97 Å². The SMILES string of the molecule is COc1cccc(/C(=N/OCCN2CCC[C@@H](C(=O)O)C2)c2ccccc2C)c1.Cl. The molecule has 0 unspecified atom stereocenters. The number of rotatable bonds is 8. The molecule has 1 heterocycles. The van der Waals surface area contributed by atoms with Crippen LogP contribution in [0.15, 0.2) is 53.7 Å². The molecule has 6 nitrogen and oxygen atoms in total. The third kappa shape index (κ3) is 6.21. The van der Waals surface area contributed by atoms with Gasteiger partial charge in [-0.25, -0.2) is 0 Å². The Morgan fingerprint density at radius 3 is 2.77 bits per heavy atom. The number of hydrogen-bond acceptors (Lipinski definition) is 5. The minimum absolute atomic E-state index is 0. The van der Waals surface area contributed by atoms with Gasteiger partial charge in [-0.2, -0.15) is 0 Å². The highest BCUT2D eigenvalue weighted by Gasteiger charge is 2.25. The Morgan fingerprint density at radius 2 is 2.03 bits per heavy atom. The molecule has 0 spiro atoms. The van der Waals surface area contributed by atoms with Gasteiger partial charge in [0.1, 0.15) is 18.1 Å². The maximum absolute atomic E-state index is 11.2. The predicted octanol–water partition coefficient (Wildman–Crippen LogP) is 3.99. The highest BCUT2D eigenvalue weighted by molar-refractivity contribution is 6.13. The van der Waals surface area contributed by atoms with Crippen molar-refractivity contribution < 1.29 is 19.5 Å². The Balaban J connectivity index is 0.00000320. The lowest BCUT2D eigenvalue weighted by atomic mass is 9.98. The summed E-state index contributed by atoms with van der Waals surface area (Å²) in [4.78, 5) is 19.1. The number of aryl methyl sites for hydroxylation is 1. The topological polar surface area (TPSA) is 71.4 Å². The van der Waals surface area contributed by atoms with Gasteiger partial charge in [0.05, 0.1) is 13.0 Å². The number of carbonyl (C=O) groups is 1. The predicted molar refractivity (Wildman–Crippen MR) is 120 cm³/mol. The first-order valence-corrected chi connectivity index (χ1v) is 9.94. The molecule has 0 aromatic heterocycles. The van der Waals surface area contributed by atoms with Gasteiger partial charge in [0.15, 0.2) is 0 Å². The summed E-state index contributed by atoms with van der Waals surface area (Å²) in [7, 11) is 1.64. The molecule has 0 amide bonds. The number of likely N-dealkylation sites (tertiary alicyclic amines) is 1. The first-order chi connectivity index (χ1) is 14.1. The molecule has 1 aliphatic heterocycles. The highest BCUT2D eigenvalue weighted by Crippen LogP contribution is 2.20. The van der Waals surface area contributed by atoms with Crippen molar-refractivity contribution in [2.24, 2.45) is 11.1 Å². The van der Waals surface area contributed by atoms with Crippen LogP contribution in [-0.4, -0.2) is 55.0 Å². The lowest BCUT2D eigenvalue weighted by Crippen LogP contribution is -2.40. The van der Waals surface area contributed by atoms with E-state index in [0.29, 0.717) is 19.7 Å². The number of benzene rings is 2. The number of ether oxygens (including phenoxy) is 1. The third-order valence-corrected chi connectivity index (χ3v) is 5.25. The van der Waals surface area contributed by atoms with E-state index in [-0.39, 0.29) is 18.3 Å². The fourth-order valence-electron chi connectivity index (χ4n) is 3.61. The molecule has 0 saturated carbocycles. The van der Waals surface area contributed by atoms with Crippen LogP contribution in [0, 0.1) is 12.8 Å². The average molecular weight is 433 g/mol. The Bertz CT molecular complexity index is 872. The maximum atomic E-state index is 11.2. The van der Waals surface area contributed by atoms with Crippen molar-refractivity contribution in [1.29, 1.82) is 0 Å². The molecule has 1 atom stereocenters. The monoisotopic (exact) mass is 432 g/mol. The van der Waals surface area contributed by atoms with E-state index in [9.17, 15) is 9.90 Å². The van der Waals surface area contributed by atoms with E-state index in [4.69, 9.17) is 9.57 Å². The van der Waals surface area contributed by atoms with Crippen LogP contribution in [0.25, 0.3) is 0 Å². The van der Waals surface area contributed by atoms with E-state index >= 15 is 0 Å². The van der Waals surface area contributed by atoms with Crippen molar-refractivity contribution in [3.05, 3.63) is 65.2 Å². The second-order valence-electron chi connectivity index (χ2n) is 7.30. The number of methoxy groups -OCH3 is 1. The summed E-state index contributed by atoms with van der Waals surface area (Å²) in [6.07, 6.45) is 1.65. The van der Waals surface area contributed by atoms with Crippen LogP contribution in [0.3, 0.4) is 0 Å². The molecule has 7 heteroatoms. The number of aliphatic carboxylic acids is 1. The van der Waals surface area contributed by atoms with Crippen LogP contribution < -0.4 is 4.74 Å². The van der Waals surface area contributed by atoms with Gasteiger partial charge in [-0.05, 0) is 44.0 Å². The summed E-state index contributed by atoms with van der Waals surface area (Å²) >= 11 is 0. The number of carboxylic acids is 1. The number of halogens is 1. The summed E-state index contributed by atoms with van der Waals surface area (Å²) in [6, 6.07) is 15.8. The van der Waals surface area contributed by atoms with Gasteiger partial charge in [0.2, 0.25) is 0 Å². The first-order valence-electron chi connectivity index (χ1n) is 9.94. The zero-order valence-electron chi connectivity index (χ0n) is 17.4. The second-order valence-corrected chi connectivity index (χ2v) is 7.30. The quantitative estimate of drug-likeness (QED) is 0.388. The van der Waals surface area contributed by atoms with Crippen LogP contribution in [-0.2, 0) is 9.63 Å². The summed E-state index contributed by atoms with van der Waals surface area (Å²) in [5.41, 5.74) is 3.79. The minimum atomic E-state index is -0.714. The minimum Gasteiger partial charge on any atom is -0.497 e. The van der Waals surface area contributed by atoms with Gasteiger partial charge < -0.3 is 14.7 Å². The first kappa shape index (κ1) is 23.7. The zero-order chi connectivity index (χ0) is 20.6. The van der Waals surface area contributed by atoms with Gasteiger partial charge in [0.25, 0.3) is 0 Å². The molecule has 1 saturated heterocycles. The van der Waals surface area contributed by atoms with Crippen LogP contribution in [0.5, 0.6) is 5.75 Å². The number of nitrogens with zero attached hydrogens (tertiary/aromatic N) is 2. The largest absolute Gasteiger partial charge is 0.497 e. The second kappa shape index (κ2) is 11.6. The van der Waals surface area contributed by atoms with Crippen molar-refractivity contribution in [1.82, 2.24) is 4.90 Å². The molecule has 3 rings (SSSR count). The Hall–Kier alpha value is -2.57. The van der Waals surface area contributed by atoms with E-state index in [0.717, 1.165) is 47.5 Å². The maximum Gasteiger partial charge on any atom is 0.307 e. The van der Waals surface area contributed by atoms with E-state index in [1.165, 1.54) is 0 Å². The van der Waals surface area contributed by atoms with Crippen LogP contribution >= 0.6 is 12.4 Å². The highest BCUT2D eigenvalue weighted by atomic mass is 35.5. The summed E-state index contributed by atoms with van der Waals surface area (Å²) in [6.45, 7) is 4.59. The van der Waals surface area contributed by atoms with Crippen LogP contribution in [0.2, 0.25) is 0 Å². The average Bonchev–Trinajstić information content (AvgIpc) is 2.75. The van der Waals surface area contributed by atoms with E-state index < -0.39 is 5.97 Å². The molecule has 162 valence electrons. The Kier molecular flexibility index (Phi) is 9.15. The number of hydrogen-bond donors (Lipinski definition) is 1. The van der Waals surface area contributed by atoms with Crippen molar-refractivity contribution in [3.8, 4) is 5.75 Å². The summed E-state index contributed by atoms with van der Waals surface area (Å²) in [5, 5.41) is 13.7. The summed E-state index contributed by atoms with van der Waals surface area (Å²) < 4.78 is 5.36. The lowest BCUT2D eigenvalue weighted by molar-refractivity contribution is -0.143. The Morgan fingerprint density at radius 1 is 1.23 bits per heavy atom. The van der Waals surface area contributed by atoms with Crippen molar-refractivity contribution in [2.75, 3.05) is 33.4 Å². The molecule has 2 aromatic rings. The molecule has 2 aromatic carbocycles. The van der Waals surface area contributed by atoms with Crippen molar-refractivity contribution in [3.63, 3.8) is 0 Å². The van der Waals surface area contributed by atoms with Crippen molar-refractivity contribution in [2.45, 2.75) is 19.8 Å². The number of piperidine rings is 1. The molecule has 0 bridgehead atoms. The molecular weight excluding hydrogens is 404 g/mol. The normalized spacial score (nSPS) is 17.1. The third-order valence-electron chi connectivity index (χ3n) is 5.25. The lowest BCUT2D eigenvalue weighted by Gasteiger charge is -2.30. The molecule has 30 heavy (non-hydrogen) atoms. The molecular formula is C23H29ClN2O4. The van der Waals surface area contributed by atoms with Crippen LogP contribution in [0.4, 0.5) is 0 Å². The zero-order valence-corrected chi connectivity index (χ0v) is 18.2. The molecule has 0 aliphatic carbocycles. The number of oxime groups is 1. The Labute approximate surface area is 183 Å². The van der Waals surface area contributed by atoms with Gasteiger partial charge in [-0.1, -0.05) is 41.6 Å². The van der Waals surface area contributed by atoms with Gasteiger partial charge in [-0.3, -0.25) is 9.69 Å². The standard InChI is InChI=1S/C23H28N2O4.ClH/c1-17-7-3-4-11-21(17)22(18-8-5-10-20(15-18)28-2)24-29-14-13-25-12-6-9-19(16-25)23(26)27;/h3-5,7-8,10-11,15,19H,6,9,12-14,16H2,1-2H3,(H,26,27);1H/b24-22-;/t19-;/m1./s1.